The van der Waals surface area contributed by atoms with E-state index in [0.29, 0.717) is 6.61 Å². The zero-order valence-corrected chi connectivity index (χ0v) is 26.4. The van der Waals surface area contributed by atoms with Gasteiger partial charge >= 0.3 is 248 Å². The van der Waals surface area contributed by atoms with Crippen LogP contribution in [-0.4, -0.2) is 46.7 Å². The number of aliphatic hydroxyl groups is 1. The molecule has 0 spiro atoms. The molecule has 1 aliphatic rings. The molecule has 4 aromatic carbocycles. The Hall–Kier alpha value is -2.50. The predicted octanol–water partition coefficient (Wildman–Crippen LogP) is 5.49. The Morgan fingerprint density at radius 2 is 1.23 bits per heavy atom. The van der Waals surface area contributed by atoms with E-state index in [2.05, 4.69) is 124 Å². The summed E-state index contributed by atoms with van der Waals surface area (Å²) < 4.78 is 15.5. The van der Waals surface area contributed by atoms with Gasteiger partial charge in [0.05, 0.1) is 0 Å². The van der Waals surface area contributed by atoms with Crippen LogP contribution in [-0.2, 0) is 15.8 Å². The third kappa shape index (κ3) is 6.36. The van der Waals surface area contributed by atoms with Gasteiger partial charge in [0.25, 0.3) is 0 Å². The molecule has 5 rings (SSSR count). The summed E-state index contributed by atoms with van der Waals surface area (Å²) in [6.45, 7) is 7.38. The van der Waals surface area contributed by atoms with Crippen molar-refractivity contribution in [3.63, 3.8) is 0 Å². The fourth-order valence-corrected chi connectivity index (χ4v) is 13.2. The number of benzene rings is 4. The summed E-state index contributed by atoms with van der Waals surface area (Å²) in [6.07, 6.45) is 0.553. The zero-order valence-electron chi connectivity index (χ0n) is 23.6. The van der Waals surface area contributed by atoms with Gasteiger partial charge in [-0.3, -0.25) is 0 Å². The van der Waals surface area contributed by atoms with Crippen molar-refractivity contribution < 1.29 is 14.3 Å². The number of ether oxygens (including phenoxy) is 1. The molecule has 4 aromatic rings. The minimum absolute atomic E-state index is 0.137. The van der Waals surface area contributed by atoms with Crippen LogP contribution < -0.4 is 14.8 Å². The molecule has 3 nitrogen and oxygen atoms in total. The van der Waals surface area contributed by atoms with E-state index in [-0.39, 0.29) is 30.9 Å². The van der Waals surface area contributed by atoms with Crippen LogP contribution in [0.2, 0.25) is 9.85 Å². The molecule has 0 radical (unpaired) electrons. The van der Waals surface area contributed by atoms with Crippen LogP contribution in [0.4, 0.5) is 0 Å². The molecule has 1 fully saturated rings. The van der Waals surface area contributed by atoms with Crippen molar-refractivity contribution in [2.24, 2.45) is 0 Å². The van der Waals surface area contributed by atoms with Crippen molar-refractivity contribution in [1.29, 1.82) is 0 Å². The second-order valence-corrected chi connectivity index (χ2v) is 18.6. The molecule has 5 heteroatoms. The van der Waals surface area contributed by atoms with Crippen LogP contribution >= 0.6 is 0 Å². The van der Waals surface area contributed by atoms with Crippen LogP contribution in [0.1, 0.15) is 39.2 Å². The number of hydrogen-bond donors (Lipinski definition) is 1. The molecular formula is C35H40O3SeSi. The van der Waals surface area contributed by atoms with Gasteiger partial charge in [-0.05, 0) is 0 Å². The molecule has 0 amide bonds. The van der Waals surface area contributed by atoms with Crippen LogP contribution in [0.5, 0.6) is 0 Å². The quantitative estimate of drug-likeness (QED) is 0.253. The molecule has 0 heterocycles. The van der Waals surface area contributed by atoms with Gasteiger partial charge < -0.3 is 0 Å². The second kappa shape index (κ2) is 13.0. The molecule has 208 valence electrons. The van der Waals surface area contributed by atoms with E-state index in [1.807, 2.05) is 18.2 Å². The minimum atomic E-state index is -2.88. The molecule has 1 N–H and O–H groups in total. The predicted molar refractivity (Wildman–Crippen MR) is 168 cm³/mol. The molecule has 4 atom stereocenters. The van der Waals surface area contributed by atoms with E-state index >= 15 is 0 Å². The zero-order chi connectivity index (χ0) is 28.0. The van der Waals surface area contributed by atoms with Gasteiger partial charge in [-0.15, -0.1) is 0 Å². The summed E-state index contributed by atoms with van der Waals surface area (Å²) in [4.78, 5) is 0.162. The number of rotatable bonds is 9. The van der Waals surface area contributed by atoms with Crippen LogP contribution in [0.3, 0.4) is 0 Å². The van der Waals surface area contributed by atoms with Crippen molar-refractivity contribution in [3.8, 4) is 0 Å². The molecule has 0 aliphatic heterocycles. The van der Waals surface area contributed by atoms with E-state index in [0.717, 1.165) is 18.4 Å². The molecule has 1 aliphatic carbocycles. The van der Waals surface area contributed by atoms with E-state index in [9.17, 15) is 5.11 Å². The summed E-state index contributed by atoms with van der Waals surface area (Å²) in [6, 6.07) is 42.3. The van der Waals surface area contributed by atoms with Gasteiger partial charge in [0, 0.05) is 0 Å². The average Bonchev–Trinajstić information content (AvgIpc) is 2.98. The Morgan fingerprint density at radius 3 is 1.75 bits per heavy atom. The van der Waals surface area contributed by atoms with Crippen molar-refractivity contribution in [2.75, 3.05) is 0 Å². The molecule has 1 saturated carbocycles. The number of hydrogen-bond acceptors (Lipinski definition) is 3. The third-order valence-corrected chi connectivity index (χ3v) is 15.8. The first-order valence-corrected chi connectivity index (χ1v) is 18.0. The Bertz CT molecular complexity index is 1270. The van der Waals surface area contributed by atoms with Gasteiger partial charge in [0.1, 0.15) is 0 Å². The number of aliphatic hydroxyl groups excluding tert-OH is 1. The van der Waals surface area contributed by atoms with Crippen LogP contribution in [0, 0.1) is 0 Å². The summed E-state index contributed by atoms with van der Waals surface area (Å²) >= 11 is 0.137. The second-order valence-electron chi connectivity index (χ2n) is 11.6. The van der Waals surface area contributed by atoms with Gasteiger partial charge in [-0.2, -0.15) is 0 Å². The SMILES string of the molecule is CC(C)(C)[Si](O[C@@H]1[C@@H](O)[C@H]([Se]c2ccccc2)CC[C@@H]1OCc1ccccc1)(c1ccccc1)c1ccccc1. The molecule has 0 saturated heterocycles. The first-order valence-electron chi connectivity index (χ1n) is 14.2. The topological polar surface area (TPSA) is 38.7 Å². The van der Waals surface area contributed by atoms with Crippen molar-refractivity contribution in [1.82, 2.24) is 0 Å². The molecule has 0 bridgehead atoms. The van der Waals surface area contributed by atoms with Crippen LogP contribution in [0.15, 0.2) is 121 Å². The monoisotopic (exact) mass is 616 g/mol. The van der Waals surface area contributed by atoms with Gasteiger partial charge in [-0.1, -0.05) is 0 Å². The standard InChI is InChI=1S/C35H40O3SeSi/c1-35(2,3)40(29-20-12-6-13-21-29,30-22-14-7-15-23-30)38-34-31(37-26-27-16-8-4-9-17-27)24-25-32(33(34)36)39-28-18-10-5-11-19-28/h4-23,31-34,36H,24-26H2,1-3H3/t31-,32+,33-,34-/m0/s1. The van der Waals surface area contributed by atoms with Crippen molar-refractivity contribution in [2.45, 2.75) is 68.4 Å². The summed E-state index contributed by atoms with van der Waals surface area (Å²) in [5.41, 5.74) is 1.14. The van der Waals surface area contributed by atoms with E-state index < -0.39 is 20.5 Å². The Morgan fingerprint density at radius 1 is 0.725 bits per heavy atom. The normalized spacial score (nSPS) is 21.7. The Balaban J connectivity index is 1.55. The molecular weight excluding hydrogens is 575 g/mol. The van der Waals surface area contributed by atoms with Crippen molar-refractivity contribution >= 4 is 38.1 Å². The van der Waals surface area contributed by atoms with Gasteiger partial charge in [0.15, 0.2) is 0 Å². The van der Waals surface area contributed by atoms with Gasteiger partial charge in [-0.25, -0.2) is 0 Å². The fraction of sp³-hybridized carbons (Fsp3) is 0.314. The maximum atomic E-state index is 12.1. The summed E-state index contributed by atoms with van der Waals surface area (Å²) in [5.74, 6) is 0. The van der Waals surface area contributed by atoms with E-state index in [4.69, 9.17) is 9.16 Å². The van der Waals surface area contributed by atoms with Crippen LogP contribution in [0.25, 0.3) is 0 Å². The Kier molecular flexibility index (Phi) is 9.42. The summed E-state index contributed by atoms with van der Waals surface area (Å²) in [7, 11) is -2.88. The average molecular weight is 616 g/mol. The first-order chi connectivity index (χ1) is 19.4. The first kappa shape index (κ1) is 29.0. The summed E-state index contributed by atoms with van der Waals surface area (Å²) in [5, 5.41) is 14.4. The van der Waals surface area contributed by atoms with Gasteiger partial charge in [0.2, 0.25) is 0 Å². The third-order valence-electron chi connectivity index (χ3n) is 7.89. The maximum absolute atomic E-state index is 12.1. The fourth-order valence-electron chi connectivity index (χ4n) is 5.89. The van der Waals surface area contributed by atoms with E-state index in [1.54, 1.807) is 0 Å². The Labute approximate surface area is 246 Å². The molecule has 0 unspecified atom stereocenters. The molecule has 0 aromatic heterocycles. The molecule has 40 heavy (non-hydrogen) atoms. The van der Waals surface area contributed by atoms with Crippen molar-refractivity contribution in [3.05, 3.63) is 127 Å². The van der Waals surface area contributed by atoms with E-state index in [1.165, 1.54) is 14.8 Å².